The number of hydrogen-bond donors (Lipinski definition) is 1. The Bertz CT molecular complexity index is 478. The lowest BCUT2D eigenvalue weighted by Crippen LogP contribution is -2.53. The van der Waals surface area contributed by atoms with Gasteiger partial charge in [-0.1, -0.05) is 39.8 Å². The van der Waals surface area contributed by atoms with Crippen LogP contribution in [0.2, 0.25) is 0 Å². The minimum absolute atomic E-state index is 0.264. The van der Waals surface area contributed by atoms with E-state index in [1.54, 1.807) is 0 Å². The van der Waals surface area contributed by atoms with Crippen LogP contribution in [0.1, 0.15) is 64.0 Å². The van der Waals surface area contributed by atoms with E-state index in [4.69, 9.17) is 4.74 Å². The van der Waals surface area contributed by atoms with E-state index in [1.165, 1.54) is 24.0 Å². The summed E-state index contributed by atoms with van der Waals surface area (Å²) in [7, 11) is 2.06. The van der Waals surface area contributed by atoms with Crippen LogP contribution >= 0.6 is 0 Å². The molecule has 2 rings (SSSR count). The molecule has 0 aromatic heterocycles. The van der Waals surface area contributed by atoms with E-state index in [9.17, 15) is 0 Å². The van der Waals surface area contributed by atoms with E-state index >= 15 is 0 Å². The lowest BCUT2D eigenvalue weighted by atomic mass is 9.72. The maximum atomic E-state index is 6.45. The molecule has 0 heterocycles. The van der Waals surface area contributed by atoms with Crippen LogP contribution < -0.4 is 10.1 Å². The Kier molecular flexibility index (Phi) is 4.98. The molecule has 0 aliphatic heterocycles. The summed E-state index contributed by atoms with van der Waals surface area (Å²) in [6, 6.07) is 7.04. The Hall–Kier alpha value is -1.02. The zero-order valence-electron chi connectivity index (χ0n) is 14.5. The largest absolute Gasteiger partial charge is 0.489 e. The first-order valence-corrected chi connectivity index (χ1v) is 8.29. The van der Waals surface area contributed by atoms with Gasteiger partial charge < -0.3 is 10.1 Å². The van der Waals surface area contributed by atoms with Crippen LogP contribution in [0.4, 0.5) is 0 Å². The van der Waals surface area contributed by atoms with Crippen LogP contribution in [-0.4, -0.2) is 19.2 Å². The topological polar surface area (TPSA) is 21.3 Å². The van der Waals surface area contributed by atoms with E-state index in [0.29, 0.717) is 17.4 Å². The fraction of sp³-hybridized carbons (Fsp3) is 0.684. The molecule has 2 nitrogen and oxygen atoms in total. The molecule has 2 unspecified atom stereocenters. The first kappa shape index (κ1) is 16.4. The van der Waals surface area contributed by atoms with E-state index < -0.39 is 0 Å². The average Bonchev–Trinajstić information content (AvgIpc) is 2.40. The van der Waals surface area contributed by atoms with Gasteiger partial charge in [0.2, 0.25) is 0 Å². The predicted octanol–water partition coefficient (Wildman–Crippen LogP) is 4.66. The van der Waals surface area contributed by atoms with Crippen molar-refractivity contribution in [1.29, 1.82) is 0 Å². The lowest BCUT2D eigenvalue weighted by Gasteiger charge is -2.43. The lowest BCUT2D eigenvalue weighted by molar-refractivity contribution is 0.0399. The zero-order chi connectivity index (χ0) is 15.6. The van der Waals surface area contributed by atoms with Gasteiger partial charge in [-0.05, 0) is 61.8 Å². The molecule has 1 N–H and O–H groups in total. The van der Waals surface area contributed by atoms with Crippen LogP contribution in [0, 0.1) is 12.3 Å². The van der Waals surface area contributed by atoms with Crippen molar-refractivity contribution in [1.82, 2.24) is 5.32 Å². The van der Waals surface area contributed by atoms with Gasteiger partial charge in [0.15, 0.2) is 0 Å². The molecule has 0 amide bonds. The van der Waals surface area contributed by atoms with Gasteiger partial charge in [-0.3, -0.25) is 0 Å². The standard InChI is InChI=1S/C19H31NO/c1-13(2)15-10-9-14(3)17(12-15)21-16-8-7-11-19(4,5)18(16)20-6/h9-10,12-13,16,18,20H,7-8,11H2,1-6H3. The molecule has 21 heavy (non-hydrogen) atoms. The fourth-order valence-corrected chi connectivity index (χ4v) is 3.55. The van der Waals surface area contributed by atoms with E-state index in [-0.39, 0.29) is 6.10 Å². The molecule has 0 radical (unpaired) electrons. The third kappa shape index (κ3) is 3.60. The highest BCUT2D eigenvalue weighted by atomic mass is 16.5. The highest BCUT2D eigenvalue weighted by molar-refractivity contribution is 5.38. The smallest absolute Gasteiger partial charge is 0.122 e. The van der Waals surface area contributed by atoms with Gasteiger partial charge in [0.05, 0.1) is 0 Å². The quantitative estimate of drug-likeness (QED) is 0.870. The molecule has 1 aliphatic carbocycles. The minimum Gasteiger partial charge on any atom is -0.489 e. The molecule has 1 aliphatic rings. The first-order valence-electron chi connectivity index (χ1n) is 8.29. The highest BCUT2D eigenvalue weighted by Crippen LogP contribution is 2.38. The van der Waals surface area contributed by atoms with Crippen molar-refractivity contribution in [2.24, 2.45) is 5.41 Å². The van der Waals surface area contributed by atoms with Gasteiger partial charge in [-0.25, -0.2) is 0 Å². The first-order chi connectivity index (χ1) is 9.85. The maximum Gasteiger partial charge on any atom is 0.122 e. The zero-order valence-corrected chi connectivity index (χ0v) is 14.5. The second-order valence-corrected chi connectivity index (χ2v) is 7.48. The van der Waals surface area contributed by atoms with Gasteiger partial charge in [0.1, 0.15) is 11.9 Å². The van der Waals surface area contributed by atoms with E-state index in [1.807, 2.05) is 0 Å². The second kappa shape index (κ2) is 6.39. The summed E-state index contributed by atoms with van der Waals surface area (Å²) in [5.74, 6) is 1.60. The van der Waals surface area contributed by atoms with Crippen LogP contribution in [-0.2, 0) is 0 Å². The Morgan fingerprint density at radius 2 is 2.00 bits per heavy atom. The molecule has 2 atom stereocenters. The minimum atomic E-state index is 0.264. The number of benzene rings is 1. The summed E-state index contributed by atoms with van der Waals surface area (Å²) in [5, 5.41) is 3.50. The molecule has 0 spiro atoms. The third-order valence-electron chi connectivity index (χ3n) is 4.99. The molecule has 1 fully saturated rings. The molecule has 1 aromatic rings. The average molecular weight is 289 g/mol. The van der Waals surface area contributed by atoms with Gasteiger partial charge in [0, 0.05) is 6.04 Å². The Morgan fingerprint density at radius 3 is 2.62 bits per heavy atom. The van der Waals surface area contributed by atoms with Gasteiger partial charge >= 0.3 is 0 Å². The highest BCUT2D eigenvalue weighted by Gasteiger charge is 2.39. The fourth-order valence-electron chi connectivity index (χ4n) is 3.55. The van der Waals surface area contributed by atoms with E-state index in [2.05, 4.69) is 65.2 Å². The second-order valence-electron chi connectivity index (χ2n) is 7.48. The summed E-state index contributed by atoms with van der Waals surface area (Å²) in [4.78, 5) is 0. The van der Waals surface area contributed by atoms with Crippen LogP contribution in [0.5, 0.6) is 5.75 Å². The molecule has 1 saturated carbocycles. The van der Waals surface area contributed by atoms with Gasteiger partial charge in [-0.15, -0.1) is 0 Å². The number of aryl methyl sites for hydroxylation is 1. The van der Waals surface area contributed by atoms with Crippen molar-refractivity contribution in [3.63, 3.8) is 0 Å². The molecule has 118 valence electrons. The maximum absolute atomic E-state index is 6.45. The molecular formula is C19H31NO. The summed E-state index contributed by atoms with van der Waals surface area (Å²) in [6.45, 7) is 11.3. The summed E-state index contributed by atoms with van der Waals surface area (Å²) in [6.07, 6.45) is 3.92. The predicted molar refractivity (Wildman–Crippen MR) is 90.2 cm³/mol. The van der Waals surface area contributed by atoms with Crippen molar-refractivity contribution in [2.75, 3.05) is 7.05 Å². The normalized spacial score (nSPS) is 25.1. The SMILES string of the molecule is CNC1C(Oc2cc(C(C)C)ccc2C)CCCC1(C)C. The van der Waals surface area contributed by atoms with Gasteiger partial charge in [0.25, 0.3) is 0 Å². The number of hydrogen-bond acceptors (Lipinski definition) is 2. The Balaban J connectivity index is 2.22. The Labute approximate surface area is 130 Å². The van der Waals surface area contributed by atoms with Crippen molar-refractivity contribution < 1.29 is 4.74 Å². The third-order valence-corrected chi connectivity index (χ3v) is 4.99. The van der Waals surface area contributed by atoms with E-state index in [0.717, 1.165) is 12.2 Å². The molecule has 0 bridgehead atoms. The van der Waals surface area contributed by atoms with Crippen LogP contribution in [0.3, 0.4) is 0 Å². The molecule has 0 saturated heterocycles. The summed E-state index contributed by atoms with van der Waals surface area (Å²) in [5.41, 5.74) is 2.88. The molecular weight excluding hydrogens is 258 g/mol. The monoisotopic (exact) mass is 289 g/mol. The van der Waals surface area contributed by atoms with Crippen LogP contribution in [0.15, 0.2) is 18.2 Å². The molecule has 1 aromatic carbocycles. The van der Waals surface area contributed by atoms with Crippen molar-refractivity contribution in [3.05, 3.63) is 29.3 Å². The summed E-state index contributed by atoms with van der Waals surface area (Å²) < 4.78 is 6.45. The number of ether oxygens (including phenoxy) is 1. The summed E-state index contributed by atoms with van der Waals surface area (Å²) >= 11 is 0. The molecule has 2 heteroatoms. The van der Waals surface area contributed by atoms with Crippen LogP contribution in [0.25, 0.3) is 0 Å². The number of rotatable bonds is 4. The van der Waals surface area contributed by atoms with Crippen molar-refractivity contribution >= 4 is 0 Å². The van der Waals surface area contributed by atoms with Crippen molar-refractivity contribution in [3.8, 4) is 5.75 Å². The van der Waals surface area contributed by atoms with Crippen molar-refractivity contribution in [2.45, 2.75) is 71.9 Å². The Morgan fingerprint density at radius 1 is 1.29 bits per heavy atom. The number of likely N-dealkylation sites (N-methyl/N-ethyl adjacent to an activating group) is 1. The number of nitrogens with one attached hydrogen (secondary N) is 1. The van der Waals surface area contributed by atoms with Gasteiger partial charge in [-0.2, -0.15) is 0 Å².